The normalized spacial score (nSPS) is 10.9. The largest absolute Gasteiger partial charge is 0.466 e. The first-order valence-corrected chi connectivity index (χ1v) is 10.8. The molecule has 4 nitrogen and oxygen atoms in total. The Balaban J connectivity index is 2.36. The molecule has 0 aliphatic carbocycles. The smallest absolute Gasteiger partial charge is 0.330 e. The number of methoxy groups -OCH3 is 1. The van der Waals surface area contributed by atoms with E-state index < -0.39 is 5.97 Å². The third kappa shape index (κ3) is 11.6. The van der Waals surface area contributed by atoms with E-state index in [1.165, 1.54) is 70.6 Å². The number of carbonyl (C=O) groups is 2. The zero-order valence-corrected chi connectivity index (χ0v) is 17.7. The molecule has 0 saturated carbocycles. The number of amides is 1. The standard InChI is InChI=1S/C24H37NO3/c1-3-4-5-6-7-8-9-10-11-15-20-25(21-22-16-13-12-14-17-22)23(26)18-19-24(27)28-2/h12-14,16-19H,3-11,15,20-21H2,1-2H3/b19-18-. The van der Waals surface area contributed by atoms with Crippen molar-refractivity contribution in [3.63, 3.8) is 0 Å². The van der Waals surface area contributed by atoms with Gasteiger partial charge in [0, 0.05) is 25.2 Å². The first-order valence-electron chi connectivity index (χ1n) is 10.8. The molecule has 4 heteroatoms. The van der Waals surface area contributed by atoms with Gasteiger partial charge in [0.05, 0.1) is 7.11 Å². The van der Waals surface area contributed by atoms with E-state index in [4.69, 9.17) is 0 Å². The number of carbonyl (C=O) groups excluding carboxylic acids is 2. The van der Waals surface area contributed by atoms with E-state index >= 15 is 0 Å². The Morgan fingerprint density at radius 3 is 2.00 bits per heavy atom. The summed E-state index contributed by atoms with van der Waals surface area (Å²) in [5.41, 5.74) is 1.09. The van der Waals surface area contributed by atoms with E-state index in [0.717, 1.165) is 18.4 Å². The van der Waals surface area contributed by atoms with Crippen LogP contribution in [0.5, 0.6) is 0 Å². The molecule has 156 valence electrons. The van der Waals surface area contributed by atoms with Crippen molar-refractivity contribution in [3.05, 3.63) is 48.0 Å². The molecule has 0 heterocycles. The molecule has 0 aliphatic rings. The van der Waals surface area contributed by atoms with Gasteiger partial charge in [0.25, 0.3) is 0 Å². The minimum absolute atomic E-state index is 0.148. The number of hydrogen-bond acceptors (Lipinski definition) is 3. The van der Waals surface area contributed by atoms with Crippen LogP contribution >= 0.6 is 0 Å². The van der Waals surface area contributed by atoms with E-state index in [2.05, 4.69) is 11.7 Å². The average molecular weight is 388 g/mol. The first kappa shape index (κ1) is 23.9. The minimum atomic E-state index is -0.507. The first-order chi connectivity index (χ1) is 13.7. The topological polar surface area (TPSA) is 46.6 Å². The Hall–Kier alpha value is -2.10. The summed E-state index contributed by atoms with van der Waals surface area (Å²) in [5, 5.41) is 0. The molecule has 0 aliphatic heterocycles. The Bertz CT molecular complexity index is 568. The predicted molar refractivity (Wildman–Crippen MR) is 115 cm³/mol. The molecule has 28 heavy (non-hydrogen) atoms. The van der Waals surface area contributed by atoms with Crippen molar-refractivity contribution in [1.29, 1.82) is 0 Å². The van der Waals surface area contributed by atoms with Gasteiger partial charge in [0.1, 0.15) is 0 Å². The molecule has 0 spiro atoms. The highest BCUT2D eigenvalue weighted by molar-refractivity contribution is 5.94. The fraction of sp³-hybridized carbons (Fsp3) is 0.583. The van der Waals surface area contributed by atoms with Gasteiger partial charge in [-0.1, -0.05) is 95.0 Å². The lowest BCUT2D eigenvalue weighted by atomic mass is 10.1. The highest BCUT2D eigenvalue weighted by Crippen LogP contribution is 2.12. The summed E-state index contributed by atoms with van der Waals surface area (Å²) in [6.45, 7) is 3.51. The zero-order valence-electron chi connectivity index (χ0n) is 17.7. The molecule has 0 aromatic heterocycles. The van der Waals surface area contributed by atoms with Crippen LogP contribution in [0.15, 0.2) is 42.5 Å². The number of nitrogens with zero attached hydrogens (tertiary/aromatic N) is 1. The molecule has 1 aromatic carbocycles. The molecule has 0 saturated heterocycles. The second-order valence-corrected chi connectivity index (χ2v) is 7.28. The Kier molecular flexibility index (Phi) is 13.6. The maximum atomic E-state index is 12.5. The van der Waals surface area contributed by atoms with Gasteiger partial charge in [0.15, 0.2) is 0 Å². The van der Waals surface area contributed by atoms with Crippen LogP contribution in [0.3, 0.4) is 0 Å². The van der Waals surface area contributed by atoms with Crippen molar-refractivity contribution >= 4 is 11.9 Å². The second kappa shape index (κ2) is 15.9. The summed E-state index contributed by atoms with van der Waals surface area (Å²) < 4.78 is 4.57. The van der Waals surface area contributed by atoms with Crippen LogP contribution in [0.25, 0.3) is 0 Å². The number of rotatable bonds is 15. The average Bonchev–Trinajstić information content (AvgIpc) is 2.72. The molecule has 0 radical (unpaired) electrons. The molecule has 0 atom stereocenters. The maximum absolute atomic E-state index is 12.5. The van der Waals surface area contributed by atoms with Crippen LogP contribution in [-0.2, 0) is 20.9 Å². The van der Waals surface area contributed by atoms with E-state index in [0.29, 0.717) is 13.1 Å². The molecule has 0 fully saturated rings. The fourth-order valence-electron chi connectivity index (χ4n) is 3.17. The van der Waals surface area contributed by atoms with Gasteiger partial charge in [-0.25, -0.2) is 4.79 Å². The van der Waals surface area contributed by atoms with Crippen LogP contribution in [0.2, 0.25) is 0 Å². The van der Waals surface area contributed by atoms with Crippen LogP contribution in [0.4, 0.5) is 0 Å². The summed E-state index contributed by atoms with van der Waals surface area (Å²) in [5.74, 6) is -0.655. The van der Waals surface area contributed by atoms with Crippen LogP contribution in [0.1, 0.15) is 76.7 Å². The molecule has 1 rings (SSSR count). The van der Waals surface area contributed by atoms with Gasteiger partial charge >= 0.3 is 5.97 Å². The van der Waals surface area contributed by atoms with Crippen LogP contribution in [0, 0.1) is 0 Å². The second-order valence-electron chi connectivity index (χ2n) is 7.28. The lowest BCUT2D eigenvalue weighted by Gasteiger charge is -2.21. The zero-order chi connectivity index (χ0) is 20.5. The van der Waals surface area contributed by atoms with Gasteiger partial charge in [-0.15, -0.1) is 0 Å². The van der Waals surface area contributed by atoms with Crippen LogP contribution < -0.4 is 0 Å². The van der Waals surface area contributed by atoms with Gasteiger partial charge in [-0.2, -0.15) is 0 Å². The van der Waals surface area contributed by atoms with Crippen molar-refractivity contribution in [2.45, 2.75) is 77.7 Å². The van der Waals surface area contributed by atoms with Crippen molar-refractivity contribution in [2.75, 3.05) is 13.7 Å². The predicted octanol–water partition coefficient (Wildman–Crippen LogP) is 5.67. The van der Waals surface area contributed by atoms with Crippen molar-refractivity contribution in [1.82, 2.24) is 4.90 Å². The summed E-state index contributed by atoms with van der Waals surface area (Å²) in [6.07, 6.45) is 15.2. The lowest BCUT2D eigenvalue weighted by molar-refractivity contribution is -0.135. The highest BCUT2D eigenvalue weighted by Gasteiger charge is 2.11. The quantitative estimate of drug-likeness (QED) is 0.221. The van der Waals surface area contributed by atoms with Crippen LogP contribution in [-0.4, -0.2) is 30.4 Å². The number of benzene rings is 1. The summed E-state index contributed by atoms with van der Waals surface area (Å²) in [4.78, 5) is 25.6. The van der Waals surface area contributed by atoms with Crippen molar-refractivity contribution in [3.8, 4) is 0 Å². The number of esters is 1. The maximum Gasteiger partial charge on any atom is 0.330 e. The Labute approximate surface area is 171 Å². The SMILES string of the molecule is CCCCCCCCCCCCN(Cc1ccccc1)C(=O)/C=C\C(=O)OC. The van der Waals surface area contributed by atoms with E-state index in [1.807, 2.05) is 30.3 Å². The highest BCUT2D eigenvalue weighted by atomic mass is 16.5. The number of unbranched alkanes of at least 4 members (excludes halogenated alkanes) is 9. The summed E-state index contributed by atoms with van der Waals surface area (Å²) >= 11 is 0. The minimum Gasteiger partial charge on any atom is -0.466 e. The fourth-order valence-corrected chi connectivity index (χ4v) is 3.17. The lowest BCUT2D eigenvalue weighted by Crippen LogP contribution is -2.30. The molecule has 1 amide bonds. The summed E-state index contributed by atoms with van der Waals surface area (Å²) in [6, 6.07) is 9.95. The number of hydrogen-bond donors (Lipinski definition) is 0. The molecule has 1 aromatic rings. The Morgan fingerprint density at radius 2 is 1.43 bits per heavy atom. The van der Waals surface area contributed by atoms with Gasteiger partial charge in [-0.3, -0.25) is 4.79 Å². The Morgan fingerprint density at radius 1 is 0.857 bits per heavy atom. The van der Waals surface area contributed by atoms with E-state index in [9.17, 15) is 9.59 Å². The van der Waals surface area contributed by atoms with Crippen molar-refractivity contribution < 1.29 is 14.3 Å². The molecular formula is C24H37NO3. The van der Waals surface area contributed by atoms with Gasteiger partial charge in [-0.05, 0) is 12.0 Å². The third-order valence-electron chi connectivity index (χ3n) is 4.87. The molecule has 0 unspecified atom stereocenters. The number of ether oxygens (including phenoxy) is 1. The van der Waals surface area contributed by atoms with Gasteiger partial charge in [0.2, 0.25) is 5.91 Å². The molecular weight excluding hydrogens is 350 g/mol. The third-order valence-corrected chi connectivity index (χ3v) is 4.87. The molecule has 0 N–H and O–H groups in total. The van der Waals surface area contributed by atoms with E-state index in [1.54, 1.807) is 4.90 Å². The monoisotopic (exact) mass is 387 g/mol. The van der Waals surface area contributed by atoms with E-state index in [-0.39, 0.29) is 5.91 Å². The molecule has 0 bridgehead atoms. The van der Waals surface area contributed by atoms with Gasteiger partial charge < -0.3 is 9.64 Å². The summed E-state index contributed by atoms with van der Waals surface area (Å²) in [7, 11) is 1.31. The van der Waals surface area contributed by atoms with Crippen molar-refractivity contribution in [2.24, 2.45) is 0 Å².